The van der Waals surface area contributed by atoms with Crippen LogP contribution >= 0.6 is 0 Å². The lowest BCUT2D eigenvalue weighted by molar-refractivity contribution is 0.0601. The quantitative estimate of drug-likeness (QED) is 0.745. The number of ether oxygens (including phenoxy) is 3. The number of carbonyl (C=O) groups excluding carboxylic acids is 2. The third-order valence-electron chi connectivity index (χ3n) is 3.88. The maximum Gasteiger partial charge on any atom is 0.412 e. The zero-order valence-corrected chi connectivity index (χ0v) is 16.7. The van der Waals surface area contributed by atoms with E-state index in [1.807, 2.05) is 20.0 Å². The molecule has 0 aromatic heterocycles. The van der Waals surface area contributed by atoms with E-state index < -0.39 is 17.7 Å². The maximum atomic E-state index is 12.2. The van der Waals surface area contributed by atoms with Gasteiger partial charge in [-0.25, -0.2) is 9.59 Å². The summed E-state index contributed by atoms with van der Waals surface area (Å²) in [6.07, 6.45) is -0.624. The first-order chi connectivity index (χ1) is 12.1. The summed E-state index contributed by atoms with van der Waals surface area (Å²) in [5.41, 5.74) is 0.928. The van der Waals surface area contributed by atoms with Crippen LogP contribution in [0.25, 0.3) is 0 Å². The van der Waals surface area contributed by atoms with Gasteiger partial charge in [0.2, 0.25) is 0 Å². The molecule has 1 atom stereocenters. The van der Waals surface area contributed by atoms with Gasteiger partial charge in [-0.3, -0.25) is 10.2 Å². The number of anilines is 1. The Morgan fingerprint density at radius 1 is 1.23 bits per heavy atom. The van der Waals surface area contributed by atoms with E-state index in [2.05, 4.69) is 10.2 Å². The van der Waals surface area contributed by atoms with Crippen LogP contribution in [0.15, 0.2) is 18.2 Å². The summed E-state index contributed by atoms with van der Waals surface area (Å²) in [5.74, 6) is -0.523. The summed E-state index contributed by atoms with van der Waals surface area (Å²) >= 11 is 0. The van der Waals surface area contributed by atoms with E-state index in [1.54, 1.807) is 40.0 Å². The summed E-state index contributed by atoms with van der Waals surface area (Å²) in [6.45, 7) is 8.72. The molecule has 0 aliphatic carbocycles. The highest BCUT2D eigenvalue weighted by Crippen LogP contribution is 2.25. The standard InChI is InChI=1S/C19H30N2O5/c1-13(21(5)10-11-24-6)14-8-9-16(15(12-14)17(22)25-7)20-18(23)26-19(2,3)4/h8-9,12-13H,10-11H2,1-7H3,(H,20,23). The fourth-order valence-electron chi connectivity index (χ4n) is 2.31. The van der Waals surface area contributed by atoms with Crippen LogP contribution in [0.1, 0.15) is 49.7 Å². The molecule has 0 radical (unpaired) electrons. The van der Waals surface area contributed by atoms with E-state index in [1.165, 1.54) is 7.11 Å². The number of methoxy groups -OCH3 is 2. The molecule has 7 heteroatoms. The molecular formula is C19H30N2O5. The minimum atomic E-state index is -0.631. The lowest BCUT2D eigenvalue weighted by Crippen LogP contribution is -2.28. The molecule has 0 saturated carbocycles. The highest BCUT2D eigenvalue weighted by atomic mass is 16.6. The van der Waals surface area contributed by atoms with Gasteiger partial charge in [-0.05, 0) is 52.4 Å². The van der Waals surface area contributed by atoms with Crippen LogP contribution in [0.3, 0.4) is 0 Å². The molecule has 0 aliphatic heterocycles. The number of amides is 1. The second-order valence-electron chi connectivity index (χ2n) is 7.07. The molecule has 0 saturated heterocycles. The van der Waals surface area contributed by atoms with Gasteiger partial charge in [0.1, 0.15) is 5.60 Å². The summed E-state index contributed by atoms with van der Waals surface area (Å²) in [6, 6.07) is 5.34. The Kier molecular flexibility index (Phi) is 8.05. The molecule has 7 nitrogen and oxygen atoms in total. The number of likely N-dealkylation sites (N-methyl/N-ethyl adjacent to an activating group) is 1. The average molecular weight is 366 g/mol. The van der Waals surface area contributed by atoms with E-state index in [9.17, 15) is 9.59 Å². The van der Waals surface area contributed by atoms with Gasteiger partial charge >= 0.3 is 12.1 Å². The molecule has 1 unspecified atom stereocenters. The molecule has 1 amide bonds. The molecule has 0 heterocycles. The third kappa shape index (κ3) is 6.65. The first kappa shape index (κ1) is 21.9. The molecule has 1 aromatic rings. The minimum absolute atomic E-state index is 0.0594. The van der Waals surface area contributed by atoms with Crippen molar-refractivity contribution in [2.24, 2.45) is 0 Å². The Balaban J connectivity index is 3.06. The van der Waals surface area contributed by atoms with E-state index in [4.69, 9.17) is 14.2 Å². The van der Waals surface area contributed by atoms with Crippen molar-refractivity contribution in [1.29, 1.82) is 0 Å². The van der Waals surface area contributed by atoms with Crippen molar-refractivity contribution in [1.82, 2.24) is 4.90 Å². The molecule has 1 N–H and O–H groups in total. The van der Waals surface area contributed by atoms with Crippen molar-refractivity contribution in [3.63, 3.8) is 0 Å². The second-order valence-corrected chi connectivity index (χ2v) is 7.07. The number of esters is 1. The van der Waals surface area contributed by atoms with Crippen LogP contribution in [-0.2, 0) is 14.2 Å². The third-order valence-corrected chi connectivity index (χ3v) is 3.88. The van der Waals surface area contributed by atoms with Gasteiger partial charge < -0.3 is 14.2 Å². The number of benzene rings is 1. The fourth-order valence-corrected chi connectivity index (χ4v) is 2.31. The molecule has 0 aliphatic rings. The summed E-state index contributed by atoms with van der Waals surface area (Å²) in [7, 11) is 4.94. The van der Waals surface area contributed by atoms with Gasteiger partial charge in [0, 0.05) is 19.7 Å². The zero-order valence-electron chi connectivity index (χ0n) is 16.7. The first-order valence-electron chi connectivity index (χ1n) is 8.50. The van der Waals surface area contributed by atoms with Crippen LogP contribution in [0.2, 0.25) is 0 Å². The largest absolute Gasteiger partial charge is 0.465 e. The highest BCUT2D eigenvalue weighted by Gasteiger charge is 2.21. The Morgan fingerprint density at radius 3 is 2.42 bits per heavy atom. The molecule has 146 valence electrons. The first-order valence-corrected chi connectivity index (χ1v) is 8.50. The number of hydrogen-bond donors (Lipinski definition) is 1. The van der Waals surface area contributed by atoms with E-state index in [0.29, 0.717) is 12.3 Å². The Labute approximate surface area is 155 Å². The van der Waals surface area contributed by atoms with Crippen molar-refractivity contribution >= 4 is 17.7 Å². The van der Waals surface area contributed by atoms with Crippen LogP contribution in [0, 0.1) is 0 Å². The van der Waals surface area contributed by atoms with Gasteiger partial charge in [-0.15, -0.1) is 0 Å². The summed E-state index contributed by atoms with van der Waals surface area (Å²) < 4.78 is 15.2. The van der Waals surface area contributed by atoms with Gasteiger partial charge in [0.25, 0.3) is 0 Å². The molecule has 26 heavy (non-hydrogen) atoms. The minimum Gasteiger partial charge on any atom is -0.465 e. The van der Waals surface area contributed by atoms with Crippen LogP contribution in [0.5, 0.6) is 0 Å². The van der Waals surface area contributed by atoms with Gasteiger partial charge in [0.05, 0.1) is 25.0 Å². The van der Waals surface area contributed by atoms with Crippen molar-refractivity contribution in [3.8, 4) is 0 Å². The predicted molar refractivity (Wildman–Crippen MR) is 101 cm³/mol. The van der Waals surface area contributed by atoms with Crippen molar-refractivity contribution < 1.29 is 23.8 Å². The smallest absolute Gasteiger partial charge is 0.412 e. The Bertz CT molecular complexity index is 625. The average Bonchev–Trinajstić information content (AvgIpc) is 2.56. The van der Waals surface area contributed by atoms with Crippen molar-refractivity contribution in [2.75, 3.05) is 39.7 Å². The molecule has 0 spiro atoms. The van der Waals surface area contributed by atoms with Crippen LogP contribution in [-0.4, -0.2) is 57.0 Å². The number of nitrogens with one attached hydrogen (secondary N) is 1. The molecule has 1 aromatic carbocycles. The van der Waals surface area contributed by atoms with Gasteiger partial charge in [-0.1, -0.05) is 6.07 Å². The number of nitrogens with zero attached hydrogens (tertiary/aromatic N) is 1. The van der Waals surface area contributed by atoms with E-state index in [-0.39, 0.29) is 11.6 Å². The maximum absolute atomic E-state index is 12.2. The fraction of sp³-hybridized carbons (Fsp3) is 0.579. The molecule has 0 fully saturated rings. The van der Waals surface area contributed by atoms with Crippen LogP contribution < -0.4 is 5.32 Å². The molecular weight excluding hydrogens is 336 g/mol. The Morgan fingerprint density at radius 2 is 1.88 bits per heavy atom. The highest BCUT2D eigenvalue weighted by molar-refractivity contribution is 5.99. The lowest BCUT2D eigenvalue weighted by Gasteiger charge is -2.25. The van der Waals surface area contributed by atoms with Gasteiger partial charge in [0.15, 0.2) is 0 Å². The monoisotopic (exact) mass is 366 g/mol. The normalized spacial score (nSPS) is 12.6. The van der Waals surface area contributed by atoms with Gasteiger partial charge in [-0.2, -0.15) is 0 Å². The summed E-state index contributed by atoms with van der Waals surface area (Å²) in [5, 5.41) is 2.62. The lowest BCUT2D eigenvalue weighted by atomic mass is 10.0. The van der Waals surface area contributed by atoms with E-state index >= 15 is 0 Å². The van der Waals surface area contributed by atoms with Crippen molar-refractivity contribution in [2.45, 2.75) is 39.3 Å². The van der Waals surface area contributed by atoms with Crippen molar-refractivity contribution in [3.05, 3.63) is 29.3 Å². The molecule has 1 rings (SSSR count). The van der Waals surface area contributed by atoms with E-state index in [0.717, 1.165) is 12.1 Å². The summed E-state index contributed by atoms with van der Waals surface area (Å²) in [4.78, 5) is 26.3. The SMILES string of the molecule is COCCN(C)C(C)c1ccc(NC(=O)OC(C)(C)C)c(C(=O)OC)c1. The molecule has 0 bridgehead atoms. The number of rotatable bonds is 7. The Hall–Kier alpha value is -2.12. The predicted octanol–water partition coefficient (Wildman–Crippen LogP) is 3.46. The number of carbonyl (C=O) groups is 2. The second kappa shape index (κ2) is 9.54. The van der Waals surface area contributed by atoms with Crippen LogP contribution in [0.4, 0.5) is 10.5 Å². The number of hydrogen-bond acceptors (Lipinski definition) is 6. The topological polar surface area (TPSA) is 77.1 Å². The zero-order chi connectivity index (χ0) is 19.9.